The van der Waals surface area contributed by atoms with Crippen molar-refractivity contribution in [3.8, 4) is 11.5 Å². The molecular weight excluding hydrogens is 322 g/mol. The van der Waals surface area contributed by atoms with Gasteiger partial charge in [-0.3, -0.25) is 4.79 Å². The Morgan fingerprint density at radius 2 is 1.95 bits per heavy atom. The van der Waals surface area contributed by atoms with Crippen LogP contribution in [0.2, 0.25) is 0 Å². The predicted octanol–water partition coefficient (Wildman–Crippen LogP) is 3.27. The molecule has 0 heterocycles. The topological polar surface area (TPSA) is 60.8 Å². The van der Waals surface area contributed by atoms with Crippen molar-refractivity contribution in [3.63, 3.8) is 0 Å². The number of alkyl halides is 1. The maximum Gasteiger partial charge on any atom is 0.258 e. The molecule has 4 nitrogen and oxygen atoms in total. The first-order chi connectivity index (χ1) is 9.63. The lowest BCUT2D eigenvalue weighted by molar-refractivity contribution is 0.0647. The zero-order chi connectivity index (χ0) is 14.5. The lowest BCUT2D eigenvalue weighted by Crippen LogP contribution is -2.42. The molecule has 0 aromatic heterocycles. The third-order valence-corrected chi connectivity index (χ3v) is 4.17. The first-order valence-corrected chi connectivity index (χ1v) is 8.14. The van der Waals surface area contributed by atoms with Crippen LogP contribution in [0, 0.1) is 0 Å². The van der Waals surface area contributed by atoms with Crippen molar-refractivity contribution in [2.75, 3.05) is 11.9 Å². The van der Waals surface area contributed by atoms with Gasteiger partial charge in [0.05, 0.1) is 5.56 Å². The highest BCUT2D eigenvalue weighted by atomic mass is 79.9. The van der Waals surface area contributed by atoms with Crippen molar-refractivity contribution < 1.29 is 15.0 Å². The predicted molar refractivity (Wildman–Crippen MR) is 81.5 cm³/mol. The van der Waals surface area contributed by atoms with Crippen molar-refractivity contribution >= 4 is 21.8 Å². The molecule has 1 fully saturated rings. The number of hydrogen-bond acceptors (Lipinski definition) is 3. The molecule has 0 spiro atoms. The van der Waals surface area contributed by atoms with Crippen molar-refractivity contribution in [2.24, 2.45) is 0 Å². The van der Waals surface area contributed by atoms with Crippen LogP contribution < -0.4 is 0 Å². The summed E-state index contributed by atoms with van der Waals surface area (Å²) in [5, 5.41) is 20.1. The zero-order valence-corrected chi connectivity index (χ0v) is 13.0. The summed E-state index contributed by atoms with van der Waals surface area (Å²) in [6.45, 7) is 0.610. The van der Waals surface area contributed by atoms with Crippen LogP contribution in [-0.2, 0) is 0 Å². The molecule has 110 valence electrons. The molecule has 2 rings (SSSR count). The van der Waals surface area contributed by atoms with Crippen LogP contribution in [0.15, 0.2) is 18.2 Å². The van der Waals surface area contributed by atoms with E-state index in [1.165, 1.54) is 24.6 Å². The van der Waals surface area contributed by atoms with Crippen LogP contribution in [-0.4, -0.2) is 38.9 Å². The van der Waals surface area contributed by atoms with Gasteiger partial charge < -0.3 is 15.1 Å². The van der Waals surface area contributed by atoms with Gasteiger partial charge in [-0.25, -0.2) is 0 Å². The number of aromatic hydroxyl groups is 2. The average molecular weight is 342 g/mol. The van der Waals surface area contributed by atoms with Crippen LogP contribution >= 0.6 is 15.9 Å². The van der Waals surface area contributed by atoms with E-state index in [-0.39, 0.29) is 29.0 Å². The number of amides is 1. The minimum atomic E-state index is -0.204. The third kappa shape index (κ3) is 3.45. The van der Waals surface area contributed by atoms with Crippen LogP contribution in [0.4, 0.5) is 0 Å². The Hall–Kier alpha value is -1.23. The fourth-order valence-electron chi connectivity index (χ4n) is 2.78. The van der Waals surface area contributed by atoms with E-state index < -0.39 is 0 Å². The molecule has 0 saturated heterocycles. The quantitative estimate of drug-likeness (QED) is 0.652. The number of nitrogens with zero attached hydrogens (tertiary/aromatic N) is 1. The number of hydrogen-bond donors (Lipinski definition) is 2. The second kappa shape index (κ2) is 6.97. The Kier molecular flexibility index (Phi) is 5.29. The lowest BCUT2D eigenvalue weighted by atomic mass is 9.93. The molecule has 1 saturated carbocycles. The van der Waals surface area contributed by atoms with Gasteiger partial charge in [0.2, 0.25) is 0 Å². The summed E-state index contributed by atoms with van der Waals surface area (Å²) in [6.07, 6.45) is 5.53. The third-order valence-electron chi connectivity index (χ3n) is 3.81. The Balaban J connectivity index is 2.23. The normalized spacial score (nSPS) is 16.1. The maximum absolute atomic E-state index is 12.6. The molecule has 0 radical (unpaired) electrons. The fraction of sp³-hybridized carbons (Fsp3) is 0.533. The van der Waals surface area contributed by atoms with Crippen molar-refractivity contribution in [1.82, 2.24) is 4.90 Å². The molecule has 1 amide bonds. The first kappa shape index (κ1) is 15.2. The highest BCUT2D eigenvalue weighted by molar-refractivity contribution is 9.09. The first-order valence-electron chi connectivity index (χ1n) is 7.02. The van der Waals surface area contributed by atoms with E-state index in [0.717, 1.165) is 25.7 Å². The fourth-order valence-corrected chi connectivity index (χ4v) is 3.17. The average Bonchev–Trinajstić information content (AvgIpc) is 2.47. The highest BCUT2D eigenvalue weighted by Crippen LogP contribution is 2.28. The number of benzene rings is 1. The van der Waals surface area contributed by atoms with Crippen LogP contribution in [0.3, 0.4) is 0 Å². The minimum Gasteiger partial charge on any atom is -0.508 e. The SMILES string of the molecule is O=C(c1cc(O)ccc1O)N(CCBr)C1CCCCC1. The van der Waals surface area contributed by atoms with Gasteiger partial charge in [0, 0.05) is 17.9 Å². The molecule has 1 aromatic carbocycles. The molecule has 1 aliphatic rings. The monoisotopic (exact) mass is 341 g/mol. The van der Waals surface area contributed by atoms with Crippen LogP contribution in [0.25, 0.3) is 0 Å². The Morgan fingerprint density at radius 3 is 2.60 bits per heavy atom. The summed E-state index contributed by atoms with van der Waals surface area (Å²) in [5.74, 6) is -0.290. The van der Waals surface area contributed by atoms with E-state index in [0.29, 0.717) is 11.9 Å². The van der Waals surface area contributed by atoms with Gasteiger partial charge >= 0.3 is 0 Å². The van der Waals surface area contributed by atoms with E-state index >= 15 is 0 Å². The molecule has 1 aromatic rings. The second-order valence-corrected chi connectivity index (χ2v) is 5.97. The largest absolute Gasteiger partial charge is 0.508 e. The smallest absolute Gasteiger partial charge is 0.258 e. The lowest BCUT2D eigenvalue weighted by Gasteiger charge is -2.34. The summed E-state index contributed by atoms with van der Waals surface area (Å²) >= 11 is 3.38. The van der Waals surface area contributed by atoms with Crippen LogP contribution in [0.1, 0.15) is 42.5 Å². The van der Waals surface area contributed by atoms with Gasteiger partial charge in [0.1, 0.15) is 11.5 Å². The summed E-state index contributed by atoms with van der Waals surface area (Å²) in [4.78, 5) is 14.5. The van der Waals surface area contributed by atoms with Gasteiger partial charge in [-0.1, -0.05) is 35.2 Å². The molecule has 0 bridgehead atoms. The summed E-state index contributed by atoms with van der Waals surface area (Å²) in [5.41, 5.74) is 0.177. The highest BCUT2D eigenvalue weighted by Gasteiger charge is 2.27. The van der Waals surface area contributed by atoms with Crippen LogP contribution in [0.5, 0.6) is 11.5 Å². The number of carbonyl (C=O) groups is 1. The minimum absolute atomic E-state index is 0.00594. The van der Waals surface area contributed by atoms with E-state index in [2.05, 4.69) is 15.9 Å². The summed E-state index contributed by atoms with van der Waals surface area (Å²) in [6, 6.07) is 4.30. The van der Waals surface area contributed by atoms with Crippen molar-refractivity contribution in [1.29, 1.82) is 0 Å². The van der Waals surface area contributed by atoms with Crippen molar-refractivity contribution in [3.05, 3.63) is 23.8 Å². The zero-order valence-electron chi connectivity index (χ0n) is 11.4. The number of phenolic OH excluding ortho intramolecular Hbond substituents is 2. The number of halogens is 1. The molecule has 1 aliphatic carbocycles. The molecule has 0 aliphatic heterocycles. The van der Waals surface area contributed by atoms with E-state index in [9.17, 15) is 15.0 Å². The van der Waals surface area contributed by atoms with Crippen molar-refractivity contribution in [2.45, 2.75) is 38.1 Å². The standard InChI is InChI=1S/C15H20BrNO3/c16-8-9-17(11-4-2-1-3-5-11)15(20)13-10-12(18)6-7-14(13)19/h6-7,10-11,18-19H,1-5,8-9H2. The molecule has 0 atom stereocenters. The number of phenols is 2. The molecule has 2 N–H and O–H groups in total. The van der Waals surface area contributed by atoms with Gasteiger partial charge in [-0.15, -0.1) is 0 Å². The van der Waals surface area contributed by atoms with E-state index in [1.807, 2.05) is 4.90 Å². The summed E-state index contributed by atoms with van der Waals surface area (Å²) < 4.78 is 0. The molecule has 5 heteroatoms. The van der Waals surface area contributed by atoms with Gasteiger partial charge in [-0.05, 0) is 31.0 Å². The van der Waals surface area contributed by atoms with E-state index in [4.69, 9.17) is 0 Å². The van der Waals surface area contributed by atoms with Gasteiger partial charge in [-0.2, -0.15) is 0 Å². The number of carbonyl (C=O) groups excluding carboxylic acids is 1. The Labute approximate surface area is 127 Å². The molecule has 20 heavy (non-hydrogen) atoms. The maximum atomic E-state index is 12.6. The second-order valence-electron chi connectivity index (χ2n) is 5.18. The summed E-state index contributed by atoms with van der Waals surface area (Å²) in [7, 11) is 0. The van der Waals surface area contributed by atoms with E-state index in [1.54, 1.807) is 0 Å². The Bertz CT molecular complexity index is 472. The molecule has 0 unspecified atom stereocenters. The van der Waals surface area contributed by atoms with Gasteiger partial charge in [0.25, 0.3) is 5.91 Å². The van der Waals surface area contributed by atoms with Gasteiger partial charge in [0.15, 0.2) is 0 Å². The number of rotatable bonds is 4. The molecular formula is C15H20BrNO3. The Morgan fingerprint density at radius 1 is 1.25 bits per heavy atom.